The first-order valence-electron chi connectivity index (χ1n) is 11.4. The Morgan fingerprint density at radius 3 is 2.61 bits per heavy atom. The second kappa shape index (κ2) is 9.38. The summed E-state index contributed by atoms with van der Waals surface area (Å²) in [5.41, 5.74) is 0.511. The van der Waals surface area contributed by atoms with E-state index >= 15 is 0 Å². The normalized spacial score (nSPS) is 22.8. The highest BCUT2D eigenvalue weighted by Gasteiger charge is 2.39. The van der Waals surface area contributed by atoms with Crippen molar-refractivity contribution in [2.75, 3.05) is 37.7 Å². The summed E-state index contributed by atoms with van der Waals surface area (Å²) in [4.78, 5) is 33.6. The van der Waals surface area contributed by atoms with E-state index in [9.17, 15) is 14.0 Å². The van der Waals surface area contributed by atoms with E-state index in [0.29, 0.717) is 24.7 Å². The van der Waals surface area contributed by atoms with Gasteiger partial charge in [0.15, 0.2) is 5.82 Å². The molecule has 0 radical (unpaired) electrons. The van der Waals surface area contributed by atoms with Crippen molar-refractivity contribution in [1.82, 2.24) is 15.0 Å². The van der Waals surface area contributed by atoms with Crippen molar-refractivity contribution in [1.29, 1.82) is 0 Å². The molecule has 3 saturated heterocycles. The molecule has 8 nitrogen and oxygen atoms in total. The van der Waals surface area contributed by atoms with Gasteiger partial charge in [0.05, 0.1) is 10.9 Å². The van der Waals surface area contributed by atoms with Gasteiger partial charge in [-0.05, 0) is 43.9 Å². The van der Waals surface area contributed by atoms with Crippen LogP contribution in [0.3, 0.4) is 0 Å². The molecule has 0 spiro atoms. The Hall–Kier alpha value is -2.52. The van der Waals surface area contributed by atoms with Gasteiger partial charge < -0.3 is 19.1 Å². The summed E-state index contributed by atoms with van der Waals surface area (Å²) in [6.45, 7) is 2.91. The first-order chi connectivity index (χ1) is 16.0. The van der Waals surface area contributed by atoms with Crippen molar-refractivity contribution < 1.29 is 23.2 Å². The van der Waals surface area contributed by atoms with E-state index in [1.54, 1.807) is 0 Å². The minimum atomic E-state index is -0.538. The quantitative estimate of drug-likeness (QED) is 0.671. The SMILES string of the molecule is O=C(C1CC(=O)N(c2ccc(F)c(Cl)c2)C1)N1CCC(c2nc(C3CCOCC3)no2)CC1. The molecule has 1 atom stereocenters. The van der Waals surface area contributed by atoms with Crippen molar-refractivity contribution >= 4 is 29.1 Å². The summed E-state index contributed by atoms with van der Waals surface area (Å²) in [7, 11) is 0. The summed E-state index contributed by atoms with van der Waals surface area (Å²) in [5.74, 6) is 0.708. The number of hydrogen-bond acceptors (Lipinski definition) is 6. The Bertz CT molecular complexity index is 1030. The van der Waals surface area contributed by atoms with Crippen LogP contribution in [0.5, 0.6) is 0 Å². The number of ether oxygens (including phenoxy) is 1. The van der Waals surface area contributed by atoms with E-state index in [4.69, 9.17) is 20.9 Å². The standard InChI is InChI=1S/C23H26ClFN4O4/c24-18-12-17(1-2-19(18)25)29-13-16(11-20(29)30)23(31)28-7-3-15(4-8-28)22-26-21(27-33-22)14-5-9-32-10-6-14/h1-2,12,14-16H,3-11,13H2. The fourth-order valence-corrected chi connectivity index (χ4v) is 5.09. The largest absolute Gasteiger partial charge is 0.381 e. The fourth-order valence-electron chi connectivity index (χ4n) is 4.92. The molecule has 1 aromatic heterocycles. The van der Waals surface area contributed by atoms with Crippen molar-refractivity contribution in [3.8, 4) is 0 Å². The lowest BCUT2D eigenvalue weighted by atomic mass is 9.95. The Morgan fingerprint density at radius 1 is 1.12 bits per heavy atom. The van der Waals surface area contributed by atoms with Crippen LogP contribution in [-0.4, -0.2) is 59.7 Å². The number of hydrogen-bond donors (Lipinski definition) is 0. The van der Waals surface area contributed by atoms with Crippen LogP contribution in [0.4, 0.5) is 10.1 Å². The number of likely N-dealkylation sites (tertiary alicyclic amines) is 1. The molecule has 33 heavy (non-hydrogen) atoms. The highest BCUT2D eigenvalue weighted by molar-refractivity contribution is 6.31. The topological polar surface area (TPSA) is 88.8 Å². The molecule has 4 heterocycles. The Labute approximate surface area is 196 Å². The number of aromatic nitrogens is 2. The van der Waals surface area contributed by atoms with Gasteiger partial charge in [0, 0.05) is 56.8 Å². The van der Waals surface area contributed by atoms with Gasteiger partial charge in [0.1, 0.15) is 5.82 Å². The highest BCUT2D eigenvalue weighted by atomic mass is 35.5. The fraction of sp³-hybridized carbons (Fsp3) is 0.565. The third-order valence-corrected chi connectivity index (χ3v) is 7.18. The number of amides is 2. The van der Waals surface area contributed by atoms with Crippen molar-refractivity contribution in [3.63, 3.8) is 0 Å². The Kier molecular flexibility index (Phi) is 6.34. The average Bonchev–Trinajstić information content (AvgIpc) is 3.49. The number of benzene rings is 1. The van der Waals surface area contributed by atoms with Gasteiger partial charge in [-0.2, -0.15) is 4.98 Å². The number of rotatable bonds is 4. The molecule has 5 rings (SSSR count). The van der Waals surface area contributed by atoms with Gasteiger partial charge in [0.25, 0.3) is 0 Å². The molecule has 3 fully saturated rings. The molecule has 0 aliphatic carbocycles. The minimum Gasteiger partial charge on any atom is -0.381 e. The van der Waals surface area contributed by atoms with Crippen LogP contribution in [0.2, 0.25) is 5.02 Å². The maximum absolute atomic E-state index is 13.5. The van der Waals surface area contributed by atoms with E-state index in [1.165, 1.54) is 23.1 Å². The third-order valence-electron chi connectivity index (χ3n) is 6.89. The highest BCUT2D eigenvalue weighted by Crippen LogP contribution is 2.33. The zero-order chi connectivity index (χ0) is 22.9. The average molecular weight is 477 g/mol. The molecule has 0 bridgehead atoms. The van der Waals surface area contributed by atoms with E-state index in [0.717, 1.165) is 44.7 Å². The van der Waals surface area contributed by atoms with Gasteiger partial charge in [0.2, 0.25) is 17.7 Å². The van der Waals surface area contributed by atoms with Gasteiger partial charge in [-0.3, -0.25) is 9.59 Å². The summed E-state index contributed by atoms with van der Waals surface area (Å²) in [6.07, 6.45) is 3.46. The molecule has 1 aromatic carbocycles. The molecule has 3 aliphatic heterocycles. The number of carbonyl (C=O) groups excluding carboxylic acids is 2. The molecule has 0 N–H and O–H groups in total. The van der Waals surface area contributed by atoms with Crippen molar-refractivity contribution in [2.24, 2.45) is 5.92 Å². The van der Waals surface area contributed by atoms with Crippen LogP contribution in [-0.2, 0) is 14.3 Å². The molecule has 10 heteroatoms. The summed E-state index contributed by atoms with van der Waals surface area (Å²) < 4.78 is 24.4. The second-order valence-corrected chi connectivity index (χ2v) is 9.39. The first-order valence-corrected chi connectivity index (χ1v) is 11.8. The predicted molar refractivity (Wildman–Crippen MR) is 118 cm³/mol. The lowest BCUT2D eigenvalue weighted by molar-refractivity contribution is -0.136. The number of anilines is 1. The Balaban J connectivity index is 1.17. The monoisotopic (exact) mass is 476 g/mol. The number of halogens is 2. The maximum Gasteiger partial charge on any atom is 0.229 e. The van der Waals surface area contributed by atoms with E-state index in [-0.39, 0.29) is 41.6 Å². The summed E-state index contributed by atoms with van der Waals surface area (Å²) in [6, 6.07) is 4.17. The van der Waals surface area contributed by atoms with Gasteiger partial charge in [-0.25, -0.2) is 4.39 Å². The smallest absolute Gasteiger partial charge is 0.229 e. The number of piperidine rings is 1. The first kappa shape index (κ1) is 22.3. The zero-order valence-electron chi connectivity index (χ0n) is 18.2. The summed E-state index contributed by atoms with van der Waals surface area (Å²) in [5, 5.41) is 4.15. The van der Waals surface area contributed by atoms with Crippen LogP contribution in [0, 0.1) is 11.7 Å². The van der Waals surface area contributed by atoms with Gasteiger partial charge in [-0.1, -0.05) is 16.8 Å². The van der Waals surface area contributed by atoms with E-state index < -0.39 is 11.7 Å². The maximum atomic E-state index is 13.5. The van der Waals surface area contributed by atoms with Crippen LogP contribution in [0.1, 0.15) is 55.7 Å². The van der Waals surface area contributed by atoms with Gasteiger partial charge in [-0.15, -0.1) is 0 Å². The molecule has 3 aliphatic rings. The van der Waals surface area contributed by atoms with Crippen molar-refractivity contribution in [3.05, 3.63) is 40.8 Å². The number of nitrogens with zero attached hydrogens (tertiary/aromatic N) is 4. The predicted octanol–water partition coefficient (Wildman–Crippen LogP) is 3.52. The lowest BCUT2D eigenvalue weighted by Crippen LogP contribution is -2.42. The molecular formula is C23H26ClFN4O4. The third kappa shape index (κ3) is 4.61. The number of carbonyl (C=O) groups is 2. The molecule has 1 unspecified atom stereocenters. The van der Waals surface area contributed by atoms with Gasteiger partial charge >= 0.3 is 0 Å². The lowest BCUT2D eigenvalue weighted by Gasteiger charge is -2.32. The molecule has 0 saturated carbocycles. The van der Waals surface area contributed by atoms with Crippen LogP contribution >= 0.6 is 11.6 Å². The summed E-state index contributed by atoms with van der Waals surface area (Å²) >= 11 is 5.86. The molecule has 176 valence electrons. The minimum absolute atomic E-state index is 0.0223. The molecular weight excluding hydrogens is 451 g/mol. The van der Waals surface area contributed by atoms with Crippen LogP contribution in [0.15, 0.2) is 22.7 Å². The second-order valence-electron chi connectivity index (χ2n) is 8.98. The molecule has 2 amide bonds. The van der Waals surface area contributed by atoms with E-state index in [1.807, 2.05) is 4.90 Å². The zero-order valence-corrected chi connectivity index (χ0v) is 19.0. The molecule has 2 aromatic rings. The Morgan fingerprint density at radius 2 is 1.88 bits per heavy atom. The van der Waals surface area contributed by atoms with Crippen LogP contribution in [0.25, 0.3) is 0 Å². The van der Waals surface area contributed by atoms with Crippen LogP contribution < -0.4 is 4.90 Å². The van der Waals surface area contributed by atoms with Crippen molar-refractivity contribution in [2.45, 2.75) is 43.9 Å². The van der Waals surface area contributed by atoms with E-state index in [2.05, 4.69) is 10.1 Å².